The minimum absolute atomic E-state index is 0. The predicted molar refractivity (Wildman–Crippen MR) is 88.6 cm³/mol. The average Bonchev–Trinajstić information content (AvgIpc) is 2.28. The van der Waals surface area contributed by atoms with E-state index in [1.165, 1.54) is 0 Å². The Morgan fingerprint density at radius 2 is 1.89 bits per heavy atom. The lowest BCUT2D eigenvalue weighted by Gasteiger charge is -2.22. The van der Waals surface area contributed by atoms with Gasteiger partial charge < -0.3 is 10.8 Å². The van der Waals surface area contributed by atoms with Crippen LogP contribution in [0.2, 0.25) is 0 Å². The lowest BCUT2D eigenvalue weighted by molar-refractivity contribution is 0.465. The molecule has 0 aliphatic heterocycles. The first-order chi connectivity index (χ1) is 8.31. The first-order valence-electron chi connectivity index (χ1n) is 6.40. The molecule has 0 saturated carbocycles. The summed E-state index contributed by atoms with van der Waals surface area (Å²) in [5.41, 5.74) is 8.44. The molecule has 1 aromatic carbocycles. The quantitative estimate of drug-likeness (QED) is 0.650. The van der Waals surface area contributed by atoms with E-state index in [1.54, 1.807) is 0 Å². The van der Waals surface area contributed by atoms with Gasteiger partial charge in [-0.3, -0.25) is 0 Å². The number of halogens is 1. The zero-order chi connectivity index (χ0) is 13.9. The first kappa shape index (κ1) is 18.4. The van der Waals surface area contributed by atoms with E-state index in [-0.39, 0.29) is 23.6 Å². The second-order valence-electron chi connectivity index (χ2n) is 5.66. The van der Waals surface area contributed by atoms with Crippen molar-refractivity contribution in [1.82, 2.24) is 0 Å². The van der Waals surface area contributed by atoms with Crippen molar-refractivity contribution >= 4 is 29.5 Å². The van der Waals surface area contributed by atoms with Crippen LogP contribution in [0, 0.1) is 0 Å². The van der Waals surface area contributed by atoms with Crippen LogP contribution in [0.25, 0.3) is 0 Å². The van der Waals surface area contributed by atoms with Crippen LogP contribution in [-0.4, -0.2) is 9.97 Å². The van der Waals surface area contributed by atoms with Gasteiger partial charge in [-0.2, -0.15) is 0 Å². The van der Waals surface area contributed by atoms with Crippen molar-refractivity contribution in [2.24, 2.45) is 5.73 Å². The number of hydrogen-bond acceptors (Lipinski definition) is 3. The summed E-state index contributed by atoms with van der Waals surface area (Å²) in [6.07, 6.45) is 1.80. The van der Waals surface area contributed by atoms with Gasteiger partial charge in [0.1, 0.15) is 5.75 Å². The number of phenolic OH excluding ortho intramolecular Hbond substituents is 1. The normalized spacial score (nSPS) is 11.0. The molecular weight excluding hydrogens is 278 g/mol. The number of hydrogen-bond donors (Lipinski definition) is 2. The Morgan fingerprint density at radius 3 is 2.32 bits per heavy atom. The van der Waals surface area contributed by atoms with Gasteiger partial charge in [0.2, 0.25) is 0 Å². The van der Waals surface area contributed by atoms with E-state index in [4.69, 9.17) is 18.0 Å². The lowest BCUT2D eigenvalue weighted by atomic mass is 9.84. The standard InChI is InChI=1S/C15H23NOS.ClH/c1-5-6-13(18)12-8-11(15(2,3)4)7-10(9-16)14(12)17;/h7-8,17H,5-6,9,16H2,1-4H3;1H. The minimum Gasteiger partial charge on any atom is -0.507 e. The fraction of sp³-hybridized carbons (Fsp3) is 0.533. The van der Waals surface area contributed by atoms with Gasteiger partial charge in [0.25, 0.3) is 0 Å². The molecule has 0 saturated heterocycles. The van der Waals surface area contributed by atoms with Crippen molar-refractivity contribution in [2.45, 2.75) is 52.5 Å². The molecule has 2 nitrogen and oxygen atoms in total. The van der Waals surface area contributed by atoms with Crippen molar-refractivity contribution in [3.05, 3.63) is 28.8 Å². The molecule has 19 heavy (non-hydrogen) atoms. The molecule has 0 aliphatic rings. The molecule has 0 heterocycles. The van der Waals surface area contributed by atoms with Gasteiger partial charge in [-0.05, 0) is 23.5 Å². The molecule has 0 bridgehead atoms. The summed E-state index contributed by atoms with van der Waals surface area (Å²) in [4.78, 5) is 0.816. The van der Waals surface area contributed by atoms with E-state index in [0.29, 0.717) is 6.54 Å². The summed E-state index contributed by atoms with van der Waals surface area (Å²) in [6, 6.07) is 3.99. The van der Waals surface area contributed by atoms with Crippen molar-refractivity contribution < 1.29 is 5.11 Å². The fourth-order valence-electron chi connectivity index (χ4n) is 1.86. The summed E-state index contributed by atoms with van der Waals surface area (Å²) in [5, 5.41) is 10.2. The Morgan fingerprint density at radius 1 is 1.32 bits per heavy atom. The zero-order valence-corrected chi connectivity index (χ0v) is 13.8. The highest BCUT2D eigenvalue weighted by molar-refractivity contribution is 7.80. The van der Waals surface area contributed by atoms with Crippen molar-refractivity contribution in [3.8, 4) is 5.75 Å². The Kier molecular flexibility index (Phi) is 6.98. The number of rotatable bonds is 4. The topological polar surface area (TPSA) is 46.2 Å². The molecule has 4 heteroatoms. The molecule has 0 aromatic heterocycles. The predicted octanol–water partition coefficient (Wildman–Crippen LogP) is 4.09. The van der Waals surface area contributed by atoms with Gasteiger partial charge in [-0.15, -0.1) is 12.4 Å². The summed E-state index contributed by atoms with van der Waals surface area (Å²) in [7, 11) is 0. The van der Waals surface area contributed by atoms with Crippen LogP contribution in [-0.2, 0) is 12.0 Å². The molecule has 0 radical (unpaired) electrons. The van der Waals surface area contributed by atoms with Crippen LogP contribution in [0.5, 0.6) is 5.75 Å². The van der Waals surface area contributed by atoms with E-state index < -0.39 is 0 Å². The van der Waals surface area contributed by atoms with Gasteiger partial charge in [0, 0.05) is 22.5 Å². The highest BCUT2D eigenvalue weighted by atomic mass is 35.5. The third kappa shape index (κ3) is 4.44. The van der Waals surface area contributed by atoms with Gasteiger partial charge in [-0.25, -0.2) is 0 Å². The number of thiocarbonyl (C=S) groups is 1. The van der Waals surface area contributed by atoms with Crippen LogP contribution in [0.15, 0.2) is 12.1 Å². The fourth-order valence-corrected chi connectivity index (χ4v) is 2.22. The lowest BCUT2D eigenvalue weighted by Crippen LogP contribution is -2.14. The average molecular weight is 302 g/mol. The molecule has 1 aromatic rings. The van der Waals surface area contributed by atoms with Crippen LogP contribution in [0.3, 0.4) is 0 Å². The summed E-state index contributed by atoms with van der Waals surface area (Å²) >= 11 is 5.40. The van der Waals surface area contributed by atoms with Crippen LogP contribution < -0.4 is 5.73 Å². The van der Waals surface area contributed by atoms with Gasteiger partial charge >= 0.3 is 0 Å². The van der Waals surface area contributed by atoms with Crippen LogP contribution >= 0.6 is 24.6 Å². The van der Waals surface area contributed by atoms with Gasteiger partial charge in [0.15, 0.2) is 0 Å². The third-order valence-electron chi connectivity index (χ3n) is 3.05. The van der Waals surface area contributed by atoms with E-state index >= 15 is 0 Å². The highest BCUT2D eigenvalue weighted by Crippen LogP contribution is 2.32. The molecular formula is C15H24ClNOS. The third-order valence-corrected chi connectivity index (χ3v) is 3.48. The molecule has 1 rings (SSSR count). The molecule has 0 aliphatic carbocycles. The molecule has 0 fully saturated rings. The summed E-state index contributed by atoms with van der Waals surface area (Å²) in [5.74, 6) is 0.254. The van der Waals surface area contributed by atoms with Crippen molar-refractivity contribution in [1.29, 1.82) is 0 Å². The maximum Gasteiger partial charge on any atom is 0.128 e. The summed E-state index contributed by atoms with van der Waals surface area (Å²) in [6.45, 7) is 8.85. The largest absolute Gasteiger partial charge is 0.507 e. The maximum absolute atomic E-state index is 10.2. The Hall–Kier alpha value is -0.640. The molecule has 0 unspecified atom stereocenters. The Bertz CT molecular complexity index is 452. The number of nitrogens with two attached hydrogens (primary N) is 1. The van der Waals surface area contributed by atoms with E-state index in [2.05, 4.69) is 27.7 Å². The number of phenols is 1. The van der Waals surface area contributed by atoms with E-state index in [9.17, 15) is 5.11 Å². The van der Waals surface area contributed by atoms with Gasteiger partial charge in [-0.1, -0.05) is 52.4 Å². The minimum atomic E-state index is 0. The number of benzene rings is 1. The van der Waals surface area contributed by atoms with Crippen LogP contribution in [0.4, 0.5) is 0 Å². The molecule has 0 spiro atoms. The van der Waals surface area contributed by atoms with Crippen LogP contribution in [0.1, 0.15) is 57.2 Å². The SMILES string of the molecule is CCCC(=S)c1cc(C(C)(C)C)cc(CN)c1O.Cl. The van der Waals surface area contributed by atoms with Gasteiger partial charge in [0.05, 0.1) is 0 Å². The van der Waals surface area contributed by atoms with Crippen molar-refractivity contribution in [3.63, 3.8) is 0 Å². The van der Waals surface area contributed by atoms with E-state index in [0.717, 1.165) is 34.4 Å². The van der Waals surface area contributed by atoms with E-state index in [1.807, 2.05) is 12.1 Å². The Labute approximate surface area is 127 Å². The van der Waals surface area contributed by atoms with Crippen molar-refractivity contribution in [2.75, 3.05) is 0 Å². The molecule has 0 amide bonds. The second kappa shape index (κ2) is 7.22. The second-order valence-corrected chi connectivity index (χ2v) is 6.15. The Balaban J connectivity index is 0.00000324. The summed E-state index contributed by atoms with van der Waals surface area (Å²) < 4.78 is 0. The first-order valence-corrected chi connectivity index (χ1v) is 6.81. The number of aromatic hydroxyl groups is 1. The molecule has 0 atom stereocenters. The highest BCUT2D eigenvalue weighted by Gasteiger charge is 2.19. The zero-order valence-electron chi connectivity index (χ0n) is 12.1. The monoisotopic (exact) mass is 301 g/mol. The maximum atomic E-state index is 10.2. The molecule has 108 valence electrons. The molecule has 3 N–H and O–H groups in total. The smallest absolute Gasteiger partial charge is 0.128 e.